The highest BCUT2D eigenvalue weighted by Crippen LogP contribution is 2.61. The molecule has 0 aromatic heterocycles. The minimum Gasteiger partial charge on any atom is -0.376 e. The molecule has 1 N–H and O–H groups in total. The maximum atomic E-state index is 4.41. The average molecular weight is 921 g/mol. The number of rotatable bonds is 3. The first-order chi connectivity index (χ1) is 33.9. The quantitative estimate of drug-likeness (QED) is 0.178. The van der Waals surface area contributed by atoms with Gasteiger partial charge in [0.2, 0.25) is 0 Å². The van der Waals surface area contributed by atoms with Crippen LogP contribution in [0.1, 0.15) is 151 Å². The number of nitrogens with zero attached hydrogens (tertiary/aromatic N) is 1. The van der Waals surface area contributed by atoms with Gasteiger partial charge in [0.1, 0.15) is 0 Å². The van der Waals surface area contributed by atoms with E-state index >= 15 is 0 Å². The van der Waals surface area contributed by atoms with Crippen LogP contribution >= 0.6 is 0 Å². The van der Waals surface area contributed by atoms with Gasteiger partial charge in [0.15, 0.2) is 0 Å². The van der Waals surface area contributed by atoms with Crippen LogP contribution in [0.25, 0.3) is 33.4 Å². The molecule has 0 spiro atoms. The number of fused-ring (bicyclic) bond motifs is 13. The monoisotopic (exact) mass is 921 g/mol. The minimum atomic E-state index is -0.577. The summed E-state index contributed by atoms with van der Waals surface area (Å²) in [5.74, 6) is 0. The molecule has 0 saturated heterocycles. The Bertz CT molecular complexity index is 3580. The van der Waals surface area contributed by atoms with Crippen LogP contribution in [0.4, 0.5) is 22.7 Å². The van der Waals surface area contributed by atoms with E-state index in [4.69, 9.17) is 0 Å². The maximum absolute atomic E-state index is 4.41. The fourth-order valence-electron chi connectivity index (χ4n) is 15.3. The zero-order valence-electron chi connectivity index (χ0n) is 43.4. The zero-order valence-corrected chi connectivity index (χ0v) is 43.4. The van der Waals surface area contributed by atoms with Crippen LogP contribution in [0.15, 0.2) is 158 Å². The summed E-state index contributed by atoms with van der Waals surface area (Å²) in [4.78, 5) is 2.83. The normalized spacial score (nSPS) is 19.6. The van der Waals surface area contributed by atoms with Crippen molar-refractivity contribution in [3.8, 4) is 33.4 Å². The predicted octanol–water partition coefficient (Wildman–Crippen LogP) is 16.0. The molecule has 71 heavy (non-hydrogen) atoms. The van der Waals surface area contributed by atoms with Gasteiger partial charge in [0.25, 0.3) is 0 Å². The Morgan fingerprint density at radius 1 is 0.423 bits per heavy atom. The Labute approximate surface area is 422 Å². The molecule has 0 atom stereocenters. The first kappa shape index (κ1) is 43.2. The number of anilines is 4. The maximum Gasteiger partial charge on any atom is 0.333 e. The molecule has 2 heterocycles. The topological polar surface area (TPSA) is 15.3 Å². The van der Waals surface area contributed by atoms with E-state index in [9.17, 15) is 0 Å². The minimum absolute atomic E-state index is 0.0253. The highest BCUT2D eigenvalue weighted by atomic mass is 15.1. The van der Waals surface area contributed by atoms with Gasteiger partial charge in [0, 0.05) is 33.7 Å². The summed E-state index contributed by atoms with van der Waals surface area (Å²) in [6.07, 6.45) is 4.69. The molecule has 0 amide bonds. The first-order valence-electron chi connectivity index (χ1n) is 26.6. The fourth-order valence-corrected chi connectivity index (χ4v) is 15.3. The molecule has 2 nitrogen and oxygen atoms in total. The molecule has 8 aromatic rings. The summed E-state index contributed by atoms with van der Waals surface area (Å²) >= 11 is 0. The number of nitrogens with one attached hydrogen (secondary N) is 1. The lowest BCUT2D eigenvalue weighted by atomic mass is 9.42. The molecule has 3 heteroatoms. The van der Waals surface area contributed by atoms with Gasteiger partial charge in [-0.2, -0.15) is 0 Å². The highest BCUT2D eigenvalue weighted by Gasteiger charge is 2.53. The van der Waals surface area contributed by atoms with E-state index in [1.165, 1.54) is 142 Å². The molecule has 2 aliphatic heterocycles. The molecule has 6 aliphatic rings. The second kappa shape index (κ2) is 14.1. The number of benzene rings is 8. The summed E-state index contributed by atoms with van der Waals surface area (Å²) in [7, 11) is 0. The van der Waals surface area contributed by atoms with Crippen LogP contribution in [0, 0.1) is 0 Å². The lowest BCUT2D eigenvalue weighted by Crippen LogP contribution is -2.61. The van der Waals surface area contributed by atoms with Crippen molar-refractivity contribution >= 4 is 40.5 Å². The van der Waals surface area contributed by atoms with Gasteiger partial charge in [-0.1, -0.05) is 197 Å². The van der Waals surface area contributed by atoms with Crippen LogP contribution in [-0.4, -0.2) is 6.85 Å². The third kappa shape index (κ3) is 5.56. The van der Waals surface area contributed by atoms with Crippen molar-refractivity contribution in [1.29, 1.82) is 0 Å². The lowest BCUT2D eigenvalue weighted by Gasteiger charge is -2.49. The standard InChI is InChI=1S/C68H65BN2/c1-63(2)33-34-64(3,4)53-37-42(31-32-51(53)63)71-58-40-55-54(65(5,6)35-36-66(55,7)8)38-47(58)59-60-46(45-25-14-17-26-48(45)67(60,9)10)39-57-61(59)69(71)56-30-20-29-52(62(56)70-57)68(41-21-12-11-13-22-41)49-27-18-15-23-43(49)44-24-16-19-28-50(44)68/h11-32,37-40,70H,33-36H2,1-10H3. The Balaban J connectivity index is 1.14. The smallest absolute Gasteiger partial charge is 0.333 e. The number of hydrogen-bond acceptors (Lipinski definition) is 2. The van der Waals surface area contributed by atoms with Crippen LogP contribution in [0.5, 0.6) is 0 Å². The number of para-hydroxylation sites is 1. The van der Waals surface area contributed by atoms with Crippen molar-refractivity contribution < 1.29 is 0 Å². The zero-order chi connectivity index (χ0) is 48.8. The van der Waals surface area contributed by atoms with Gasteiger partial charge in [-0.05, 0) is 172 Å². The van der Waals surface area contributed by atoms with Crippen molar-refractivity contribution in [2.24, 2.45) is 0 Å². The lowest BCUT2D eigenvalue weighted by molar-refractivity contribution is 0.332. The molecule has 8 aromatic carbocycles. The predicted molar refractivity (Wildman–Crippen MR) is 301 cm³/mol. The van der Waals surface area contributed by atoms with E-state index in [0.29, 0.717) is 0 Å². The summed E-state index contributed by atoms with van der Waals surface area (Å²) in [6, 6.07) is 61.9. The summed E-state index contributed by atoms with van der Waals surface area (Å²) in [6.45, 7) is 24.7. The van der Waals surface area contributed by atoms with Crippen LogP contribution in [0.3, 0.4) is 0 Å². The van der Waals surface area contributed by atoms with Crippen molar-refractivity contribution in [2.45, 2.75) is 127 Å². The Kier molecular flexibility index (Phi) is 8.58. The molecule has 4 aliphatic carbocycles. The Morgan fingerprint density at radius 3 is 1.58 bits per heavy atom. The molecule has 0 unspecified atom stereocenters. The van der Waals surface area contributed by atoms with E-state index in [-0.39, 0.29) is 33.9 Å². The third-order valence-corrected chi connectivity index (χ3v) is 19.2. The van der Waals surface area contributed by atoms with Crippen molar-refractivity contribution in [3.05, 3.63) is 213 Å². The third-order valence-electron chi connectivity index (χ3n) is 19.2. The van der Waals surface area contributed by atoms with E-state index in [1.54, 1.807) is 0 Å². The molecule has 0 radical (unpaired) electrons. The van der Waals surface area contributed by atoms with Gasteiger partial charge in [-0.15, -0.1) is 0 Å². The molecule has 0 bridgehead atoms. The van der Waals surface area contributed by atoms with Gasteiger partial charge in [-0.25, -0.2) is 0 Å². The molecule has 350 valence electrons. The van der Waals surface area contributed by atoms with Gasteiger partial charge < -0.3 is 10.1 Å². The molecule has 14 rings (SSSR count). The van der Waals surface area contributed by atoms with E-state index in [2.05, 4.69) is 237 Å². The van der Waals surface area contributed by atoms with E-state index < -0.39 is 5.41 Å². The second-order valence-electron chi connectivity index (χ2n) is 25.4. The van der Waals surface area contributed by atoms with E-state index in [0.717, 1.165) is 6.42 Å². The van der Waals surface area contributed by atoms with Crippen LogP contribution in [0.2, 0.25) is 0 Å². The Morgan fingerprint density at radius 2 is 0.944 bits per heavy atom. The van der Waals surface area contributed by atoms with Crippen LogP contribution in [-0.2, 0) is 32.5 Å². The SMILES string of the molecule is CC1(C)CCC(C)(C)c2cc(N3B4c5cccc(C6(c7ccccc7)c7ccccc7-c7ccccc76)c5Nc5cc6c(c(c54)-c4cc5c(cc43)C(C)(C)CCC5(C)C)C(C)(C)c3ccccc3-6)ccc21. The van der Waals surface area contributed by atoms with Crippen molar-refractivity contribution in [3.63, 3.8) is 0 Å². The second-order valence-corrected chi connectivity index (χ2v) is 25.4. The number of hydrogen-bond donors (Lipinski definition) is 1. The summed E-state index contributed by atoms with van der Waals surface area (Å²) in [5.41, 5.74) is 29.4. The van der Waals surface area contributed by atoms with Crippen molar-refractivity contribution in [1.82, 2.24) is 0 Å². The highest BCUT2D eigenvalue weighted by molar-refractivity contribution is 6.93. The van der Waals surface area contributed by atoms with Crippen molar-refractivity contribution in [2.75, 3.05) is 10.1 Å². The molecule has 0 saturated carbocycles. The fraction of sp³-hybridized carbons (Fsp3) is 0.294. The molecular weight excluding hydrogens is 856 g/mol. The van der Waals surface area contributed by atoms with Gasteiger partial charge in [-0.3, -0.25) is 0 Å². The summed E-state index contributed by atoms with van der Waals surface area (Å²) in [5, 5.41) is 4.41. The first-order valence-corrected chi connectivity index (χ1v) is 26.6. The Hall–Kier alpha value is -6.58. The van der Waals surface area contributed by atoms with Gasteiger partial charge in [0.05, 0.1) is 5.41 Å². The molecule has 0 fully saturated rings. The largest absolute Gasteiger partial charge is 0.376 e. The average Bonchev–Trinajstić information content (AvgIpc) is 3.80. The molecular formula is C68H65BN2. The van der Waals surface area contributed by atoms with E-state index in [1.807, 2.05) is 0 Å². The van der Waals surface area contributed by atoms with Crippen LogP contribution < -0.4 is 21.1 Å². The summed E-state index contributed by atoms with van der Waals surface area (Å²) < 4.78 is 0. The van der Waals surface area contributed by atoms with Gasteiger partial charge >= 0.3 is 6.85 Å².